The molecule has 0 saturated heterocycles. The van der Waals surface area contributed by atoms with Gasteiger partial charge in [0.1, 0.15) is 13.2 Å². The highest BCUT2D eigenvalue weighted by atomic mass is 31.2. The first-order valence-electron chi connectivity index (χ1n) is 27.5. The number of nitrogens with zero attached hydrogens (tertiary/aromatic N) is 1. The number of nitrogens with one attached hydrogen (secondary N) is 1. The molecule has 0 spiro atoms. The van der Waals surface area contributed by atoms with Gasteiger partial charge in [-0.2, -0.15) is 0 Å². The monoisotopic (exact) mass is 913 g/mol. The van der Waals surface area contributed by atoms with Crippen molar-refractivity contribution in [3.8, 4) is 0 Å². The van der Waals surface area contributed by atoms with Crippen molar-refractivity contribution in [3.63, 3.8) is 0 Å². The number of unbranched alkanes of at least 4 members (excludes halogenated alkanes) is 36. The van der Waals surface area contributed by atoms with E-state index in [1.807, 2.05) is 21.1 Å². The van der Waals surface area contributed by atoms with Crippen molar-refractivity contribution in [2.45, 2.75) is 289 Å². The lowest BCUT2D eigenvalue weighted by atomic mass is 10.0. The summed E-state index contributed by atoms with van der Waals surface area (Å²) >= 11 is 0. The van der Waals surface area contributed by atoms with E-state index < -0.39 is 20.0 Å². The van der Waals surface area contributed by atoms with Gasteiger partial charge in [-0.25, -0.2) is 0 Å². The summed E-state index contributed by atoms with van der Waals surface area (Å²) in [6.45, 7) is 4.70. The second-order valence-corrected chi connectivity index (χ2v) is 21.7. The number of quaternary nitrogens is 1. The SMILES string of the molecule is CCCC/C=C\CCCCCCCC(=O)NC(COP(=O)([O-])OCC[N+](C)(C)C)C(O)CCCCCCCCCCCCCCCCCCCCCCCCCCCCCCCC. The van der Waals surface area contributed by atoms with Crippen LogP contribution in [0.5, 0.6) is 0 Å². The molecule has 0 saturated carbocycles. The Balaban J connectivity index is 3.99. The van der Waals surface area contributed by atoms with E-state index in [2.05, 4.69) is 31.3 Å². The molecule has 0 aliphatic heterocycles. The normalized spacial score (nSPS) is 14.1. The fourth-order valence-electron chi connectivity index (χ4n) is 8.38. The number of aliphatic hydroxyl groups is 1. The van der Waals surface area contributed by atoms with E-state index in [9.17, 15) is 19.4 Å². The van der Waals surface area contributed by atoms with Crippen molar-refractivity contribution < 1.29 is 32.9 Å². The highest BCUT2D eigenvalue weighted by molar-refractivity contribution is 7.45. The largest absolute Gasteiger partial charge is 0.756 e. The molecule has 0 heterocycles. The predicted molar refractivity (Wildman–Crippen MR) is 270 cm³/mol. The van der Waals surface area contributed by atoms with Gasteiger partial charge in [0.2, 0.25) is 5.91 Å². The minimum atomic E-state index is -4.57. The maximum atomic E-state index is 12.9. The first kappa shape index (κ1) is 62.2. The molecule has 0 bridgehead atoms. The molecule has 9 heteroatoms. The van der Waals surface area contributed by atoms with Crippen LogP contribution in [-0.4, -0.2) is 68.5 Å². The quantitative estimate of drug-likeness (QED) is 0.0272. The molecule has 0 aromatic heterocycles. The summed E-state index contributed by atoms with van der Waals surface area (Å²) in [7, 11) is 1.31. The van der Waals surface area contributed by atoms with Gasteiger partial charge in [-0.15, -0.1) is 0 Å². The molecule has 8 nitrogen and oxygen atoms in total. The molecule has 0 radical (unpaired) electrons. The zero-order chi connectivity index (χ0) is 46.4. The first-order chi connectivity index (χ1) is 30.5. The summed E-state index contributed by atoms with van der Waals surface area (Å²) in [5.41, 5.74) is 0. The maximum Gasteiger partial charge on any atom is 0.268 e. The molecule has 0 fully saturated rings. The van der Waals surface area contributed by atoms with Crippen LogP contribution in [0.15, 0.2) is 12.2 Å². The van der Waals surface area contributed by atoms with Crippen molar-refractivity contribution in [2.24, 2.45) is 0 Å². The van der Waals surface area contributed by atoms with Gasteiger partial charge in [-0.05, 0) is 32.1 Å². The Morgan fingerprint density at radius 3 is 1.29 bits per heavy atom. The van der Waals surface area contributed by atoms with E-state index in [1.54, 1.807) is 0 Å². The molecule has 63 heavy (non-hydrogen) atoms. The standard InChI is InChI=1S/C54H109N2O6P/c1-6-8-10-12-14-16-18-19-20-21-22-23-24-25-26-27-28-29-30-31-32-33-34-35-36-38-39-41-43-45-47-53(57)52(51-62-63(59,60)61-50-49-56(3,4)5)55-54(58)48-46-44-42-40-37-17-15-13-11-9-7-2/h13,15,52-53,57H,6-12,14,16-51H2,1-5H3,(H-,55,58,59,60)/b15-13-. The number of likely N-dealkylation sites (N-methyl/N-ethyl adjacent to an activating group) is 1. The van der Waals surface area contributed by atoms with E-state index in [-0.39, 0.29) is 19.1 Å². The van der Waals surface area contributed by atoms with Crippen LogP contribution in [0.4, 0.5) is 0 Å². The summed E-state index contributed by atoms with van der Waals surface area (Å²) in [4.78, 5) is 25.4. The zero-order valence-corrected chi connectivity index (χ0v) is 43.7. The Labute approximate surface area is 392 Å². The number of aliphatic hydroxyl groups excluding tert-OH is 1. The molecule has 0 aromatic carbocycles. The van der Waals surface area contributed by atoms with E-state index in [0.717, 1.165) is 51.4 Å². The van der Waals surface area contributed by atoms with E-state index in [4.69, 9.17) is 9.05 Å². The lowest BCUT2D eigenvalue weighted by molar-refractivity contribution is -0.870. The molecular formula is C54H109N2O6P. The van der Waals surface area contributed by atoms with Crippen LogP contribution in [-0.2, 0) is 18.4 Å². The number of phosphoric acid groups is 1. The number of carbonyl (C=O) groups excluding carboxylic acids is 1. The third-order valence-electron chi connectivity index (χ3n) is 12.8. The predicted octanol–water partition coefficient (Wildman–Crippen LogP) is 15.6. The topological polar surface area (TPSA) is 108 Å². The van der Waals surface area contributed by atoms with Gasteiger partial charge in [-0.1, -0.05) is 251 Å². The Morgan fingerprint density at radius 2 is 0.889 bits per heavy atom. The van der Waals surface area contributed by atoms with Gasteiger partial charge in [0.15, 0.2) is 0 Å². The minimum absolute atomic E-state index is 0.0126. The molecule has 0 aromatic rings. The fourth-order valence-corrected chi connectivity index (χ4v) is 9.10. The maximum absolute atomic E-state index is 12.9. The van der Waals surface area contributed by atoms with Crippen LogP contribution >= 0.6 is 7.82 Å². The number of hydrogen-bond donors (Lipinski definition) is 2. The Bertz CT molecular complexity index is 1040. The molecule has 3 atom stereocenters. The highest BCUT2D eigenvalue weighted by Gasteiger charge is 2.24. The van der Waals surface area contributed by atoms with E-state index >= 15 is 0 Å². The Hall–Kier alpha value is -0.760. The first-order valence-corrected chi connectivity index (χ1v) is 29.0. The number of amides is 1. The lowest BCUT2D eigenvalue weighted by Gasteiger charge is -2.30. The second-order valence-electron chi connectivity index (χ2n) is 20.3. The Kier molecular flexibility index (Phi) is 45.8. The number of carbonyl (C=O) groups is 1. The Morgan fingerprint density at radius 1 is 0.540 bits per heavy atom. The molecule has 0 aliphatic carbocycles. The van der Waals surface area contributed by atoms with Gasteiger partial charge in [0, 0.05) is 6.42 Å². The van der Waals surface area contributed by atoms with Gasteiger partial charge in [0.25, 0.3) is 7.82 Å². The third-order valence-corrected chi connectivity index (χ3v) is 13.7. The molecular weight excluding hydrogens is 804 g/mol. The molecule has 3 unspecified atom stereocenters. The smallest absolute Gasteiger partial charge is 0.268 e. The molecule has 1 amide bonds. The summed E-state index contributed by atoms with van der Waals surface area (Å²) < 4.78 is 23.3. The zero-order valence-electron chi connectivity index (χ0n) is 42.8. The van der Waals surface area contributed by atoms with Crippen molar-refractivity contribution in [1.29, 1.82) is 0 Å². The van der Waals surface area contributed by atoms with Gasteiger partial charge >= 0.3 is 0 Å². The van der Waals surface area contributed by atoms with Crippen LogP contribution in [0, 0.1) is 0 Å². The average Bonchev–Trinajstić information content (AvgIpc) is 3.24. The molecule has 0 aliphatic rings. The van der Waals surface area contributed by atoms with Crippen LogP contribution in [0.1, 0.15) is 277 Å². The van der Waals surface area contributed by atoms with Crippen LogP contribution < -0.4 is 10.2 Å². The third kappa shape index (κ3) is 49.0. The second kappa shape index (κ2) is 46.4. The van der Waals surface area contributed by atoms with Gasteiger partial charge in [0.05, 0.1) is 39.9 Å². The average molecular weight is 913 g/mol. The summed E-state index contributed by atoms with van der Waals surface area (Å²) in [6, 6.07) is -0.801. The summed E-state index contributed by atoms with van der Waals surface area (Å²) in [6.07, 6.45) is 55.5. The number of phosphoric ester groups is 1. The summed E-state index contributed by atoms with van der Waals surface area (Å²) in [5, 5.41) is 14.0. The van der Waals surface area contributed by atoms with Crippen LogP contribution in [0.3, 0.4) is 0 Å². The van der Waals surface area contributed by atoms with Crippen molar-refractivity contribution in [3.05, 3.63) is 12.2 Å². The van der Waals surface area contributed by atoms with Crippen LogP contribution in [0.2, 0.25) is 0 Å². The number of allylic oxidation sites excluding steroid dienone is 2. The van der Waals surface area contributed by atoms with Crippen LogP contribution in [0.25, 0.3) is 0 Å². The number of rotatable bonds is 51. The molecule has 376 valence electrons. The van der Waals surface area contributed by atoms with Crippen molar-refractivity contribution >= 4 is 13.7 Å². The van der Waals surface area contributed by atoms with Gasteiger partial charge < -0.3 is 28.8 Å². The fraction of sp³-hybridized carbons (Fsp3) is 0.944. The number of hydrogen-bond acceptors (Lipinski definition) is 6. The van der Waals surface area contributed by atoms with E-state index in [0.29, 0.717) is 23.9 Å². The van der Waals surface area contributed by atoms with Crippen molar-refractivity contribution in [2.75, 3.05) is 40.9 Å². The summed E-state index contributed by atoms with van der Waals surface area (Å²) in [5.74, 6) is -0.172. The highest BCUT2D eigenvalue weighted by Crippen LogP contribution is 2.38. The van der Waals surface area contributed by atoms with E-state index in [1.165, 1.54) is 199 Å². The van der Waals surface area contributed by atoms with Gasteiger partial charge in [-0.3, -0.25) is 9.36 Å². The molecule has 2 N–H and O–H groups in total. The lowest BCUT2D eigenvalue weighted by Crippen LogP contribution is -2.46. The minimum Gasteiger partial charge on any atom is -0.756 e. The molecule has 0 rings (SSSR count). The van der Waals surface area contributed by atoms with Crippen molar-refractivity contribution in [1.82, 2.24) is 5.32 Å².